The lowest BCUT2D eigenvalue weighted by Crippen LogP contribution is -2.02. The third-order valence-electron chi connectivity index (χ3n) is 10.4. The number of nitrogens with one attached hydrogen (secondary N) is 1. The van der Waals surface area contributed by atoms with Crippen molar-refractivity contribution in [3.63, 3.8) is 0 Å². The molecular formula is C46H27N3. The first-order chi connectivity index (χ1) is 24.3. The number of fused-ring (bicyclic) bond motifs is 10. The summed E-state index contributed by atoms with van der Waals surface area (Å²) in [6, 6.07) is 56.7. The maximum Gasteiger partial charge on any atom is 0.0817 e. The predicted octanol–water partition coefficient (Wildman–Crippen LogP) is 11.0. The van der Waals surface area contributed by atoms with Crippen LogP contribution in [0.5, 0.6) is 0 Å². The normalized spacial score (nSPS) is 12.4. The topological polar surface area (TPSA) is 40.5 Å². The molecule has 11 rings (SSSR count). The number of hydrogen-bond acceptors (Lipinski definition) is 2. The Balaban J connectivity index is 1.36. The Bertz CT molecular complexity index is 3090. The molecule has 0 fully saturated rings. The van der Waals surface area contributed by atoms with Gasteiger partial charge in [0.1, 0.15) is 0 Å². The molecule has 0 bridgehead atoms. The summed E-state index contributed by atoms with van der Waals surface area (Å²) in [6.07, 6.45) is 0. The molecule has 8 aromatic carbocycles. The quantitative estimate of drug-likeness (QED) is 0.204. The summed E-state index contributed by atoms with van der Waals surface area (Å²) in [5.74, 6) is 0. The van der Waals surface area contributed by atoms with Crippen molar-refractivity contribution < 1.29 is 0 Å². The first-order valence-electron chi connectivity index (χ1n) is 16.8. The molecule has 2 aliphatic heterocycles. The zero-order chi connectivity index (χ0) is 32.1. The van der Waals surface area contributed by atoms with Gasteiger partial charge in [0, 0.05) is 49.0 Å². The van der Waals surface area contributed by atoms with Crippen LogP contribution in [0.4, 0.5) is 11.4 Å². The highest BCUT2D eigenvalue weighted by Crippen LogP contribution is 2.53. The van der Waals surface area contributed by atoms with Crippen LogP contribution in [0.3, 0.4) is 0 Å². The van der Waals surface area contributed by atoms with Gasteiger partial charge in [-0.2, -0.15) is 0 Å². The van der Waals surface area contributed by atoms with Crippen LogP contribution in [0.15, 0.2) is 168 Å². The molecule has 0 saturated carbocycles. The molecule has 9 aromatic rings. The van der Waals surface area contributed by atoms with Crippen LogP contribution in [-0.4, -0.2) is 4.98 Å². The van der Waals surface area contributed by atoms with Crippen molar-refractivity contribution in [3.8, 4) is 44.5 Å². The van der Waals surface area contributed by atoms with Gasteiger partial charge in [-0.15, -0.1) is 0 Å². The number of aromatic amines is 1. The first kappa shape index (κ1) is 26.5. The molecule has 0 saturated heterocycles. The Morgan fingerprint density at radius 3 is 2.10 bits per heavy atom. The van der Waals surface area contributed by atoms with Gasteiger partial charge in [-0.25, -0.2) is 9.98 Å². The van der Waals surface area contributed by atoms with Crippen LogP contribution in [-0.2, 0) is 0 Å². The lowest BCUT2D eigenvalue weighted by molar-refractivity contribution is 1.36. The second-order valence-electron chi connectivity index (χ2n) is 13.0. The van der Waals surface area contributed by atoms with Gasteiger partial charge in [0.2, 0.25) is 0 Å². The number of aromatic nitrogens is 1. The maximum absolute atomic E-state index is 5.28. The molecule has 3 heteroatoms. The van der Waals surface area contributed by atoms with E-state index in [2.05, 4.69) is 163 Å². The lowest BCUT2D eigenvalue weighted by Gasteiger charge is -2.21. The Kier molecular flexibility index (Phi) is 5.38. The van der Waals surface area contributed by atoms with Crippen LogP contribution < -0.4 is 10.7 Å². The van der Waals surface area contributed by atoms with Gasteiger partial charge in [-0.05, 0) is 63.4 Å². The third kappa shape index (κ3) is 3.73. The van der Waals surface area contributed by atoms with Crippen LogP contribution in [0.2, 0.25) is 0 Å². The number of para-hydroxylation sites is 2. The fraction of sp³-hybridized carbons (Fsp3) is 0. The second kappa shape index (κ2) is 9.96. The van der Waals surface area contributed by atoms with Crippen LogP contribution in [0, 0.1) is 10.4 Å². The molecule has 0 spiro atoms. The van der Waals surface area contributed by atoms with Crippen molar-refractivity contribution >= 4 is 44.0 Å². The van der Waals surface area contributed by atoms with E-state index in [0.29, 0.717) is 0 Å². The lowest BCUT2D eigenvalue weighted by atomic mass is 9.82. The van der Waals surface area contributed by atoms with E-state index in [4.69, 9.17) is 9.98 Å². The van der Waals surface area contributed by atoms with E-state index in [1.165, 1.54) is 60.1 Å². The summed E-state index contributed by atoms with van der Waals surface area (Å²) in [6.45, 7) is 0. The van der Waals surface area contributed by atoms with Gasteiger partial charge in [0.05, 0.1) is 27.6 Å². The van der Waals surface area contributed by atoms with E-state index < -0.39 is 0 Å². The fourth-order valence-electron chi connectivity index (χ4n) is 8.22. The van der Waals surface area contributed by atoms with Crippen molar-refractivity contribution in [1.29, 1.82) is 0 Å². The summed E-state index contributed by atoms with van der Waals surface area (Å²) in [5, 5.41) is 9.17. The zero-order valence-electron chi connectivity index (χ0n) is 26.4. The maximum atomic E-state index is 5.28. The average Bonchev–Trinajstić information content (AvgIpc) is 3.85. The minimum absolute atomic E-state index is 0.965. The standard InChI is InChI=1S/C46H27N3/c1-2-11-28(12-3-1)30-23-25-39-43(44-40(47-39)26-24-36-33-17-7-9-20-38(33)49-46(36)44)41(30)42-34(31-18-10-14-27-13-4-5-15-29(27)31)21-22-35-32-16-6-8-19-37(32)48-45(35)42/h1-26,48H. The first-order valence-corrected chi connectivity index (χ1v) is 16.8. The molecule has 49 heavy (non-hydrogen) atoms. The highest BCUT2D eigenvalue weighted by molar-refractivity contribution is 6.20. The van der Waals surface area contributed by atoms with Crippen molar-refractivity contribution in [2.45, 2.75) is 0 Å². The molecule has 2 aliphatic rings. The molecule has 1 N–H and O–H groups in total. The Morgan fingerprint density at radius 1 is 0.388 bits per heavy atom. The van der Waals surface area contributed by atoms with Gasteiger partial charge in [-0.3, -0.25) is 0 Å². The monoisotopic (exact) mass is 621 g/mol. The molecule has 0 aliphatic carbocycles. The zero-order valence-corrected chi connectivity index (χ0v) is 26.4. The average molecular weight is 622 g/mol. The smallest absolute Gasteiger partial charge is 0.0817 e. The number of benzene rings is 8. The fourth-order valence-corrected chi connectivity index (χ4v) is 8.22. The highest BCUT2D eigenvalue weighted by atomic mass is 14.8. The van der Waals surface area contributed by atoms with Crippen molar-refractivity contribution in [2.75, 3.05) is 0 Å². The van der Waals surface area contributed by atoms with E-state index in [1.54, 1.807) is 0 Å². The largest absolute Gasteiger partial charge is 0.354 e. The van der Waals surface area contributed by atoms with Crippen molar-refractivity contribution in [2.24, 2.45) is 9.98 Å². The number of H-pyrrole nitrogens is 1. The summed E-state index contributed by atoms with van der Waals surface area (Å²) >= 11 is 0. The van der Waals surface area contributed by atoms with E-state index in [0.717, 1.165) is 49.5 Å². The van der Waals surface area contributed by atoms with E-state index in [-0.39, 0.29) is 0 Å². The van der Waals surface area contributed by atoms with E-state index in [9.17, 15) is 0 Å². The van der Waals surface area contributed by atoms with Crippen LogP contribution >= 0.6 is 0 Å². The second-order valence-corrected chi connectivity index (χ2v) is 13.0. The molecule has 226 valence electrons. The summed E-state index contributed by atoms with van der Waals surface area (Å²) in [5.41, 5.74) is 13.5. The number of nitrogens with zero attached hydrogens (tertiary/aromatic N) is 2. The Hall–Kier alpha value is -6.58. The van der Waals surface area contributed by atoms with E-state index >= 15 is 0 Å². The third-order valence-corrected chi connectivity index (χ3v) is 10.4. The van der Waals surface area contributed by atoms with Gasteiger partial charge in [-0.1, -0.05) is 127 Å². The predicted molar refractivity (Wildman–Crippen MR) is 201 cm³/mol. The van der Waals surface area contributed by atoms with E-state index in [1.807, 2.05) is 0 Å². The highest BCUT2D eigenvalue weighted by Gasteiger charge is 2.29. The van der Waals surface area contributed by atoms with Gasteiger partial charge >= 0.3 is 0 Å². The number of rotatable bonds is 3. The van der Waals surface area contributed by atoms with Crippen molar-refractivity contribution in [1.82, 2.24) is 4.98 Å². The summed E-state index contributed by atoms with van der Waals surface area (Å²) in [4.78, 5) is 14.5. The van der Waals surface area contributed by atoms with Crippen LogP contribution in [0.25, 0.3) is 77.1 Å². The minimum atomic E-state index is 0.965. The van der Waals surface area contributed by atoms with Gasteiger partial charge in [0.15, 0.2) is 0 Å². The molecule has 3 nitrogen and oxygen atoms in total. The molecule has 1 aromatic heterocycles. The summed E-state index contributed by atoms with van der Waals surface area (Å²) in [7, 11) is 0. The molecule has 0 amide bonds. The van der Waals surface area contributed by atoms with Gasteiger partial charge < -0.3 is 4.98 Å². The van der Waals surface area contributed by atoms with Gasteiger partial charge in [0.25, 0.3) is 0 Å². The molecule has 0 atom stereocenters. The SMILES string of the molecule is c1ccc(-c2ccc3c(c2-c2c(-c4cccc5ccccc45)ccc4c2[nH]c2ccccc24)-c2c4c(ccc2=N3)=c2ccccc2=N4)cc1. The minimum Gasteiger partial charge on any atom is -0.354 e. The molecule has 3 heterocycles. The van der Waals surface area contributed by atoms with Crippen LogP contribution in [0.1, 0.15) is 0 Å². The van der Waals surface area contributed by atoms with Crippen molar-refractivity contribution in [3.05, 3.63) is 179 Å². The molecule has 0 radical (unpaired) electrons. The Morgan fingerprint density at radius 2 is 1.16 bits per heavy atom. The Labute approximate surface area is 281 Å². The number of hydrogen-bond donors (Lipinski definition) is 1. The molecular weight excluding hydrogens is 595 g/mol. The summed E-state index contributed by atoms with van der Waals surface area (Å²) < 4.78 is 0. The molecule has 0 unspecified atom stereocenters.